The van der Waals surface area contributed by atoms with E-state index in [1.54, 1.807) is 12.1 Å². The maximum absolute atomic E-state index is 12.0. The normalized spacial score (nSPS) is 20.7. The minimum absolute atomic E-state index is 0.0115. The van der Waals surface area contributed by atoms with Crippen LogP contribution in [0.2, 0.25) is 0 Å². The van der Waals surface area contributed by atoms with Crippen LogP contribution in [0.15, 0.2) is 24.3 Å². The molecule has 0 bridgehead atoms. The molecule has 3 N–H and O–H groups in total. The van der Waals surface area contributed by atoms with Gasteiger partial charge in [0, 0.05) is 11.7 Å². The van der Waals surface area contributed by atoms with Crippen LogP contribution in [0.25, 0.3) is 0 Å². The van der Waals surface area contributed by atoms with Gasteiger partial charge in [-0.3, -0.25) is 4.79 Å². The number of carbonyl (C=O) groups excluding carboxylic acids is 1. The third-order valence-electron chi connectivity index (χ3n) is 4.56. The molecule has 1 saturated carbocycles. The summed E-state index contributed by atoms with van der Waals surface area (Å²) >= 11 is 0. The Hall–Kier alpha value is -2.55. The van der Waals surface area contributed by atoms with Crippen molar-refractivity contribution in [2.75, 3.05) is 5.32 Å². The number of urea groups is 1. The maximum atomic E-state index is 12.0. The SMILES string of the molecule is CC(C)(C#N)c1ccc(NC(=O)NC2CCC(C(=O)O)CC2)cc1. The Morgan fingerprint density at radius 2 is 1.75 bits per heavy atom. The minimum Gasteiger partial charge on any atom is -0.481 e. The molecule has 1 aliphatic carbocycles. The molecule has 2 amide bonds. The molecule has 24 heavy (non-hydrogen) atoms. The highest BCUT2D eigenvalue weighted by molar-refractivity contribution is 5.89. The second kappa shape index (κ2) is 7.35. The first-order chi connectivity index (χ1) is 11.3. The van der Waals surface area contributed by atoms with Gasteiger partial charge in [-0.25, -0.2) is 4.79 Å². The number of rotatable bonds is 4. The summed E-state index contributed by atoms with van der Waals surface area (Å²) in [7, 11) is 0. The van der Waals surface area contributed by atoms with Crippen LogP contribution in [0.5, 0.6) is 0 Å². The fraction of sp³-hybridized carbons (Fsp3) is 0.500. The zero-order valence-corrected chi connectivity index (χ0v) is 14.0. The quantitative estimate of drug-likeness (QED) is 0.789. The lowest BCUT2D eigenvalue weighted by molar-refractivity contribution is -0.142. The summed E-state index contributed by atoms with van der Waals surface area (Å²) in [4.78, 5) is 23.0. The smallest absolute Gasteiger partial charge is 0.319 e. The first-order valence-corrected chi connectivity index (χ1v) is 8.14. The molecule has 1 aromatic carbocycles. The fourth-order valence-corrected chi connectivity index (χ4v) is 2.87. The summed E-state index contributed by atoms with van der Waals surface area (Å²) in [6.07, 6.45) is 2.55. The van der Waals surface area contributed by atoms with Crippen LogP contribution in [0.4, 0.5) is 10.5 Å². The first-order valence-electron chi connectivity index (χ1n) is 8.14. The number of carboxylic acids is 1. The topological polar surface area (TPSA) is 102 Å². The zero-order chi connectivity index (χ0) is 17.7. The number of anilines is 1. The predicted octanol–water partition coefficient (Wildman–Crippen LogP) is 3.25. The number of nitriles is 1. The second-order valence-corrected chi connectivity index (χ2v) is 6.80. The molecule has 0 radical (unpaired) electrons. The Morgan fingerprint density at radius 3 is 2.25 bits per heavy atom. The number of carboxylic acid groups (broad SMARTS) is 1. The van der Waals surface area contributed by atoms with Crippen molar-refractivity contribution in [3.8, 4) is 6.07 Å². The molecule has 128 valence electrons. The highest BCUT2D eigenvalue weighted by Gasteiger charge is 2.26. The number of nitrogens with zero attached hydrogens (tertiary/aromatic N) is 1. The molecule has 0 atom stereocenters. The van der Waals surface area contributed by atoms with E-state index >= 15 is 0 Å². The summed E-state index contributed by atoms with van der Waals surface area (Å²) in [5.41, 5.74) is 0.982. The molecular weight excluding hydrogens is 306 g/mol. The van der Waals surface area contributed by atoms with Crippen molar-refractivity contribution in [3.05, 3.63) is 29.8 Å². The molecule has 1 aromatic rings. The predicted molar refractivity (Wildman–Crippen MR) is 90.6 cm³/mol. The highest BCUT2D eigenvalue weighted by atomic mass is 16.4. The van der Waals surface area contributed by atoms with E-state index in [4.69, 9.17) is 10.4 Å². The number of benzene rings is 1. The van der Waals surface area contributed by atoms with Gasteiger partial charge < -0.3 is 15.7 Å². The van der Waals surface area contributed by atoms with Crippen LogP contribution in [0, 0.1) is 17.2 Å². The van der Waals surface area contributed by atoms with Crippen molar-refractivity contribution in [2.45, 2.75) is 51.0 Å². The Kier molecular flexibility index (Phi) is 5.45. The molecule has 0 spiro atoms. The average Bonchev–Trinajstić information content (AvgIpc) is 2.55. The summed E-state index contributed by atoms with van der Waals surface area (Å²) in [6.45, 7) is 3.69. The third-order valence-corrected chi connectivity index (χ3v) is 4.56. The molecule has 6 heteroatoms. The minimum atomic E-state index is -0.752. The van der Waals surface area contributed by atoms with Gasteiger partial charge in [0.1, 0.15) is 0 Å². The molecule has 0 heterocycles. The standard InChI is InChI=1S/C18H23N3O3/c1-18(2,11-19)13-5-9-15(10-6-13)21-17(24)20-14-7-3-12(4-8-14)16(22)23/h5-6,9-10,12,14H,3-4,7-8H2,1-2H3,(H,22,23)(H2,20,21,24). The third kappa shape index (κ3) is 4.48. The van der Waals surface area contributed by atoms with Gasteiger partial charge in [0.05, 0.1) is 17.4 Å². The van der Waals surface area contributed by atoms with Gasteiger partial charge in [0.15, 0.2) is 0 Å². The summed E-state index contributed by atoms with van der Waals surface area (Å²) in [6, 6.07) is 9.17. The Balaban J connectivity index is 1.85. The first kappa shape index (κ1) is 17.8. The van der Waals surface area contributed by atoms with Gasteiger partial charge in [-0.15, -0.1) is 0 Å². The zero-order valence-electron chi connectivity index (χ0n) is 14.0. The van der Waals surface area contributed by atoms with Crippen molar-refractivity contribution in [1.82, 2.24) is 5.32 Å². The molecule has 6 nitrogen and oxygen atoms in total. The van der Waals surface area contributed by atoms with Gasteiger partial charge in [0.2, 0.25) is 0 Å². The van der Waals surface area contributed by atoms with Gasteiger partial charge in [-0.1, -0.05) is 12.1 Å². The maximum Gasteiger partial charge on any atom is 0.319 e. The number of amides is 2. The van der Waals surface area contributed by atoms with Crippen molar-refractivity contribution in [2.24, 2.45) is 5.92 Å². The number of carbonyl (C=O) groups is 2. The van der Waals surface area contributed by atoms with E-state index in [1.807, 2.05) is 26.0 Å². The van der Waals surface area contributed by atoms with Crippen LogP contribution in [0.1, 0.15) is 45.1 Å². The van der Waals surface area contributed by atoms with E-state index in [1.165, 1.54) is 0 Å². The summed E-state index contributed by atoms with van der Waals surface area (Å²) in [5, 5.41) is 23.8. The van der Waals surface area contributed by atoms with Crippen LogP contribution in [0.3, 0.4) is 0 Å². The van der Waals surface area contributed by atoms with Crippen LogP contribution in [-0.4, -0.2) is 23.1 Å². The monoisotopic (exact) mass is 329 g/mol. The number of aliphatic carboxylic acids is 1. The van der Waals surface area contributed by atoms with E-state index in [0.29, 0.717) is 31.4 Å². The van der Waals surface area contributed by atoms with Gasteiger partial charge >= 0.3 is 12.0 Å². The van der Waals surface area contributed by atoms with E-state index in [-0.39, 0.29) is 18.0 Å². The molecule has 2 rings (SSSR count). The summed E-state index contributed by atoms with van der Waals surface area (Å²) < 4.78 is 0. The van der Waals surface area contributed by atoms with Gasteiger partial charge in [-0.05, 0) is 57.2 Å². The second-order valence-electron chi connectivity index (χ2n) is 6.80. The lowest BCUT2D eigenvalue weighted by atomic mass is 9.86. The van der Waals surface area contributed by atoms with Crippen molar-refractivity contribution in [1.29, 1.82) is 5.26 Å². The average molecular weight is 329 g/mol. The lowest BCUT2D eigenvalue weighted by Gasteiger charge is -2.26. The molecule has 1 aliphatic rings. The Morgan fingerprint density at radius 1 is 1.17 bits per heavy atom. The van der Waals surface area contributed by atoms with Crippen LogP contribution < -0.4 is 10.6 Å². The van der Waals surface area contributed by atoms with Gasteiger partial charge in [0.25, 0.3) is 0 Å². The fourth-order valence-electron chi connectivity index (χ4n) is 2.87. The van der Waals surface area contributed by atoms with E-state index in [9.17, 15) is 9.59 Å². The van der Waals surface area contributed by atoms with Crippen molar-refractivity contribution >= 4 is 17.7 Å². The van der Waals surface area contributed by atoms with Crippen molar-refractivity contribution < 1.29 is 14.7 Å². The molecule has 0 saturated heterocycles. The highest BCUT2D eigenvalue weighted by Crippen LogP contribution is 2.25. The molecule has 0 aliphatic heterocycles. The number of nitrogens with one attached hydrogen (secondary N) is 2. The lowest BCUT2D eigenvalue weighted by Crippen LogP contribution is -2.40. The number of hydrogen-bond acceptors (Lipinski definition) is 3. The van der Waals surface area contributed by atoms with E-state index in [0.717, 1.165) is 5.56 Å². The van der Waals surface area contributed by atoms with Crippen LogP contribution >= 0.6 is 0 Å². The molecule has 1 fully saturated rings. The Labute approximate surface area is 141 Å². The van der Waals surface area contributed by atoms with E-state index < -0.39 is 11.4 Å². The van der Waals surface area contributed by atoms with Crippen LogP contribution in [-0.2, 0) is 10.2 Å². The molecule has 0 unspecified atom stereocenters. The van der Waals surface area contributed by atoms with E-state index in [2.05, 4.69) is 16.7 Å². The number of hydrogen-bond donors (Lipinski definition) is 3. The molecule has 0 aromatic heterocycles. The summed E-state index contributed by atoms with van der Waals surface area (Å²) in [5.74, 6) is -1.04. The Bertz CT molecular complexity index is 638. The molecular formula is C18H23N3O3. The van der Waals surface area contributed by atoms with Gasteiger partial charge in [-0.2, -0.15) is 5.26 Å². The van der Waals surface area contributed by atoms with Crippen molar-refractivity contribution in [3.63, 3.8) is 0 Å². The largest absolute Gasteiger partial charge is 0.481 e.